The maximum absolute atomic E-state index is 13.2. The normalized spacial score (nSPS) is 13.0. The van der Waals surface area contributed by atoms with Crippen molar-refractivity contribution in [3.63, 3.8) is 0 Å². The number of carbonyl (C=O) groups excluding carboxylic acids is 2. The Hall–Kier alpha value is -1.14. The molecule has 6 nitrogen and oxygen atoms in total. The molecule has 0 aromatic carbocycles. The Kier molecular flexibility index (Phi) is 50.9. The first-order valence-electron chi connectivity index (χ1n) is 28.8. The summed E-state index contributed by atoms with van der Waals surface area (Å²) in [4.78, 5) is 26.2. The van der Waals surface area contributed by atoms with Gasteiger partial charge in [0, 0.05) is 6.42 Å². The van der Waals surface area contributed by atoms with E-state index in [2.05, 4.69) is 26.1 Å². The molecule has 0 aromatic heterocycles. The highest BCUT2D eigenvalue weighted by atomic mass is 16.5. The SMILES string of the molecule is CCCCCCCCCCCCCCCCCCCC(=O)OC(CCCCCCCCCCCCCCCCCCC)CC(=O)NC(CO)C(O)CCCCCCCCCCCC. The highest BCUT2D eigenvalue weighted by molar-refractivity contribution is 5.77. The lowest BCUT2D eigenvalue weighted by molar-refractivity contribution is -0.151. The molecule has 376 valence electrons. The van der Waals surface area contributed by atoms with E-state index in [1.54, 1.807) is 0 Å². The minimum atomic E-state index is -0.779. The molecule has 0 bridgehead atoms. The zero-order valence-corrected chi connectivity index (χ0v) is 43.0. The van der Waals surface area contributed by atoms with Gasteiger partial charge >= 0.3 is 5.97 Å². The second-order valence-corrected chi connectivity index (χ2v) is 20.1. The third-order valence-corrected chi connectivity index (χ3v) is 13.7. The smallest absolute Gasteiger partial charge is 0.306 e. The standard InChI is InChI=1S/C57H113NO5/c1-4-7-10-13-16-19-22-24-26-28-30-32-34-36-39-42-45-48-53(51-56(61)58-54(52-59)55(60)49-46-43-40-37-21-18-15-12-9-6-3)63-57(62)50-47-44-41-38-35-33-31-29-27-25-23-20-17-14-11-8-5-2/h53-55,59-60H,4-52H2,1-3H3,(H,58,61). The lowest BCUT2D eigenvalue weighted by Gasteiger charge is -2.24. The first kappa shape index (κ1) is 61.9. The average Bonchev–Trinajstić information content (AvgIpc) is 3.28. The second-order valence-electron chi connectivity index (χ2n) is 20.1. The summed E-state index contributed by atoms with van der Waals surface area (Å²) in [6.45, 7) is 6.52. The van der Waals surface area contributed by atoms with E-state index in [-0.39, 0.29) is 24.9 Å². The number of unbranched alkanes of at least 4 members (excludes halogenated alkanes) is 41. The van der Waals surface area contributed by atoms with Gasteiger partial charge in [0.1, 0.15) is 6.10 Å². The van der Waals surface area contributed by atoms with Crippen LogP contribution >= 0.6 is 0 Å². The predicted molar refractivity (Wildman–Crippen MR) is 274 cm³/mol. The number of esters is 1. The van der Waals surface area contributed by atoms with Gasteiger partial charge in [-0.25, -0.2) is 0 Å². The van der Waals surface area contributed by atoms with E-state index in [0.29, 0.717) is 19.3 Å². The molecule has 0 heterocycles. The quantitative estimate of drug-likeness (QED) is 0.0418. The summed E-state index contributed by atoms with van der Waals surface area (Å²) in [5.41, 5.74) is 0. The van der Waals surface area contributed by atoms with E-state index in [1.165, 1.54) is 244 Å². The van der Waals surface area contributed by atoms with Crippen molar-refractivity contribution in [2.75, 3.05) is 6.61 Å². The minimum Gasteiger partial charge on any atom is -0.462 e. The van der Waals surface area contributed by atoms with E-state index in [0.717, 1.165) is 38.5 Å². The summed E-state index contributed by atoms with van der Waals surface area (Å²) in [7, 11) is 0. The van der Waals surface area contributed by atoms with Crippen LogP contribution < -0.4 is 5.32 Å². The Bertz CT molecular complexity index is 913. The number of carbonyl (C=O) groups is 2. The fraction of sp³-hybridized carbons (Fsp3) is 0.965. The molecule has 0 saturated heterocycles. The van der Waals surface area contributed by atoms with Crippen molar-refractivity contribution in [2.24, 2.45) is 0 Å². The van der Waals surface area contributed by atoms with Gasteiger partial charge in [0.25, 0.3) is 0 Å². The number of nitrogens with one attached hydrogen (secondary N) is 1. The highest BCUT2D eigenvalue weighted by Crippen LogP contribution is 2.19. The van der Waals surface area contributed by atoms with Crippen LogP contribution in [0.25, 0.3) is 0 Å². The molecule has 1 amide bonds. The zero-order chi connectivity index (χ0) is 45.9. The Morgan fingerprint density at radius 3 is 0.968 bits per heavy atom. The lowest BCUT2D eigenvalue weighted by atomic mass is 10.0. The zero-order valence-electron chi connectivity index (χ0n) is 43.0. The van der Waals surface area contributed by atoms with Crippen LogP contribution in [0.15, 0.2) is 0 Å². The van der Waals surface area contributed by atoms with E-state index in [9.17, 15) is 19.8 Å². The van der Waals surface area contributed by atoms with Crippen LogP contribution in [0, 0.1) is 0 Å². The average molecular weight is 893 g/mol. The summed E-state index contributed by atoms with van der Waals surface area (Å²) in [6, 6.07) is -0.692. The summed E-state index contributed by atoms with van der Waals surface area (Å²) in [5.74, 6) is -0.445. The lowest BCUT2D eigenvalue weighted by Crippen LogP contribution is -2.46. The number of aliphatic hydroxyl groups excluding tert-OH is 2. The third-order valence-electron chi connectivity index (χ3n) is 13.7. The molecule has 0 spiro atoms. The molecule has 0 aliphatic rings. The van der Waals surface area contributed by atoms with Gasteiger partial charge in [0.15, 0.2) is 0 Å². The molecule has 3 N–H and O–H groups in total. The molecule has 0 aliphatic carbocycles. The Balaban J connectivity index is 4.47. The van der Waals surface area contributed by atoms with Gasteiger partial charge in [-0.05, 0) is 25.7 Å². The highest BCUT2D eigenvalue weighted by Gasteiger charge is 2.24. The molecule has 6 heteroatoms. The van der Waals surface area contributed by atoms with Crippen molar-refractivity contribution in [3.05, 3.63) is 0 Å². The molecular formula is C57H113NO5. The summed E-state index contributed by atoms with van der Waals surface area (Å²) in [5, 5.41) is 23.8. The third kappa shape index (κ3) is 47.2. The molecule has 0 rings (SSSR count). The van der Waals surface area contributed by atoms with Gasteiger partial charge in [-0.15, -0.1) is 0 Å². The van der Waals surface area contributed by atoms with E-state index >= 15 is 0 Å². The number of hydrogen-bond acceptors (Lipinski definition) is 5. The monoisotopic (exact) mass is 892 g/mol. The maximum atomic E-state index is 13.2. The van der Waals surface area contributed by atoms with Gasteiger partial charge in [0.2, 0.25) is 5.91 Å². The number of hydrogen-bond donors (Lipinski definition) is 3. The summed E-state index contributed by atoms with van der Waals surface area (Å²) >= 11 is 0. The van der Waals surface area contributed by atoms with Crippen LogP contribution in [0.4, 0.5) is 0 Å². The fourth-order valence-corrected chi connectivity index (χ4v) is 9.32. The van der Waals surface area contributed by atoms with Crippen molar-refractivity contribution >= 4 is 11.9 Å². The van der Waals surface area contributed by atoms with E-state index < -0.39 is 18.2 Å². The molecule has 0 aromatic rings. The van der Waals surface area contributed by atoms with Gasteiger partial charge in [-0.2, -0.15) is 0 Å². The van der Waals surface area contributed by atoms with Crippen LogP contribution in [0.3, 0.4) is 0 Å². The largest absolute Gasteiger partial charge is 0.462 e. The first-order chi connectivity index (χ1) is 31.0. The van der Waals surface area contributed by atoms with E-state index in [1.807, 2.05) is 0 Å². The molecule has 3 unspecified atom stereocenters. The molecule has 0 saturated carbocycles. The van der Waals surface area contributed by atoms with Gasteiger partial charge in [-0.3, -0.25) is 9.59 Å². The van der Waals surface area contributed by atoms with Crippen LogP contribution in [-0.4, -0.2) is 46.9 Å². The predicted octanol–water partition coefficient (Wildman–Crippen LogP) is 17.5. The van der Waals surface area contributed by atoms with Crippen molar-refractivity contribution in [3.8, 4) is 0 Å². The maximum Gasteiger partial charge on any atom is 0.306 e. The number of amides is 1. The molecular weight excluding hydrogens is 779 g/mol. The second kappa shape index (κ2) is 51.8. The van der Waals surface area contributed by atoms with Crippen LogP contribution in [-0.2, 0) is 14.3 Å². The molecule has 3 atom stereocenters. The van der Waals surface area contributed by atoms with Crippen molar-refractivity contribution in [1.82, 2.24) is 5.32 Å². The van der Waals surface area contributed by atoms with Crippen LogP contribution in [0.5, 0.6) is 0 Å². The molecule has 0 aliphatic heterocycles. The van der Waals surface area contributed by atoms with Gasteiger partial charge in [-0.1, -0.05) is 290 Å². The number of rotatable bonds is 53. The Morgan fingerprint density at radius 2 is 0.667 bits per heavy atom. The van der Waals surface area contributed by atoms with Crippen molar-refractivity contribution in [2.45, 2.75) is 347 Å². The fourth-order valence-electron chi connectivity index (χ4n) is 9.32. The van der Waals surface area contributed by atoms with Gasteiger partial charge < -0.3 is 20.3 Å². The van der Waals surface area contributed by atoms with Crippen molar-refractivity contribution in [1.29, 1.82) is 0 Å². The summed E-state index contributed by atoms with van der Waals surface area (Å²) < 4.78 is 5.97. The molecule has 63 heavy (non-hydrogen) atoms. The first-order valence-corrected chi connectivity index (χ1v) is 28.8. The van der Waals surface area contributed by atoms with Crippen LogP contribution in [0.2, 0.25) is 0 Å². The summed E-state index contributed by atoms with van der Waals surface area (Å²) in [6.07, 6.45) is 57.4. The van der Waals surface area contributed by atoms with Crippen LogP contribution in [0.1, 0.15) is 329 Å². The topological polar surface area (TPSA) is 95.9 Å². The Labute approximate surface area is 394 Å². The Morgan fingerprint density at radius 1 is 0.397 bits per heavy atom. The van der Waals surface area contributed by atoms with E-state index in [4.69, 9.17) is 4.74 Å². The van der Waals surface area contributed by atoms with Crippen molar-refractivity contribution < 1.29 is 24.5 Å². The molecule has 0 radical (unpaired) electrons. The number of ether oxygens (including phenoxy) is 1. The minimum absolute atomic E-state index is 0.0884. The molecule has 0 fully saturated rings. The van der Waals surface area contributed by atoms with Gasteiger partial charge in [0.05, 0.1) is 25.2 Å². The number of aliphatic hydroxyl groups is 2.